The molecule has 0 fully saturated rings. The van der Waals surface area contributed by atoms with Crippen LogP contribution in [0.4, 0.5) is 8.78 Å². The Labute approximate surface area is 99.6 Å². The van der Waals surface area contributed by atoms with Gasteiger partial charge < -0.3 is 5.73 Å². The second-order valence-corrected chi connectivity index (χ2v) is 5.85. The van der Waals surface area contributed by atoms with Crippen molar-refractivity contribution < 1.29 is 17.2 Å². The van der Waals surface area contributed by atoms with Crippen molar-refractivity contribution >= 4 is 9.84 Å². The third-order valence-corrected chi connectivity index (χ3v) is 3.54. The highest BCUT2D eigenvalue weighted by Crippen LogP contribution is 2.21. The maximum atomic E-state index is 13.5. The number of nitrogens with two attached hydrogens (primary N) is 1. The van der Waals surface area contributed by atoms with Crippen LogP contribution >= 0.6 is 0 Å². The summed E-state index contributed by atoms with van der Waals surface area (Å²) in [5.74, 6) is -2.37. The lowest BCUT2D eigenvalue weighted by Gasteiger charge is -2.07. The van der Waals surface area contributed by atoms with E-state index in [0.717, 1.165) is 18.7 Å². The molecule has 1 rings (SSSR count). The fraction of sp³-hybridized carbons (Fsp3) is 0.455. The van der Waals surface area contributed by atoms with Crippen molar-refractivity contribution in [3.63, 3.8) is 0 Å². The zero-order valence-electron chi connectivity index (χ0n) is 9.54. The highest BCUT2D eigenvalue weighted by Gasteiger charge is 2.19. The van der Waals surface area contributed by atoms with Gasteiger partial charge in [0.2, 0.25) is 0 Å². The lowest BCUT2D eigenvalue weighted by atomic mass is 10.1. The van der Waals surface area contributed by atoms with Gasteiger partial charge in [-0.2, -0.15) is 0 Å². The highest BCUT2D eigenvalue weighted by atomic mass is 32.2. The van der Waals surface area contributed by atoms with Crippen molar-refractivity contribution in [1.29, 1.82) is 0 Å². The number of aryl methyl sites for hydroxylation is 1. The topological polar surface area (TPSA) is 60.2 Å². The first-order chi connectivity index (χ1) is 7.88. The zero-order valence-corrected chi connectivity index (χ0v) is 10.4. The Hall–Kier alpha value is -1.01. The highest BCUT2D eigenvalue weighted by molar-refractivity contribution is 7.90. The van der Waals surface area contributed by atoms with Gasteiger partial charge in [-0.15, -0.1) is 0 Å². The van der Waals surface area contributed by atoms with Gasteiger partial charge in [0.1, 0.15) is 4.90 Å². The van der Waals surface area contributed by atoms with Crippen molar-refractivity contribution in [3.05, 3.63) is 29.3 Å². The number of hydrogen-bond acceptors (Lipinski definition) is 3. The van der Waals surface area contributed by atoms with Crippen LogP contribution in [0.3, 0.4) is 0 Å². The summed E-state index contributed by atoms with van der Waals surface area (Å²) in [6.07, 6.45) is 2.56. The zero-order chi connectivity index (χ0) is 13.1. The summed E-state index contributed by atoms with van der Waals surface area (Å²) in [6.45, 7) is 0.492. The third-order valence-electron chi connectivity index (χ3n) is 2.43. The quantitative estimate of drug-likeness (QED) is 0.822. The van der Waals surface area contributed by atoms with E-state index in [1.165, 1.54) is 6.07 Å². The molecule has 0 aliphatic heterocycles. The molecule has 2 N–H and O–H groups in total. The van der Waals surface area contributed by atoms with Crippen LogP contribution in [0.25, 0.3) is 0 Å². The molecule has 0 bridgehead atoms. The maximum Gasteiger partial charge on any atom is 0.178 e. The summed E-state index contributed by atoms with van der Waals surface area (Å²) < 4.78 is 49.3. The fourth-order valence-corrected chi connectivity index (χ4v) is 2.24. The van der Waals surface area contributed by atoms with Crippen LogP contribution in [-0.2, 0) is 16.3 Å². The van der Waals surface area contributed by atoms with Crippen molar-refractivity contribution in [2.24, 2.45) is 5.73 Å². The third kappa shape index (κ3) is 3.47. The van der Waals surface area contributed by atoms with Gasteiger partial charge in [0, 0.05) is 6.26 Å². The van der Waals surface area contributed by atoms with E-state index in [-0.39, 0.29) is 5.56 Å². The first-order valence-electron chi connectivity index (χ1n) is 5.25. The Balaban J connectivity index is 3.03. The largest absolute Gasteiger partial charge is 0.330 e. The van der Waals surface area contributed by atoms with Crippen LogP contribution in [0, 0.1) is 11.6 Å². The molecule has 0 spiro atoms. The normalized spacial score (nSPS) is 11.8. The number of hydrogen-bond donors (Lipinski definition) is 1. The summed E-state index contributed by atoms with van der Waals surface area (Å²) in [6, 6.07) is 2.41. The Morgan fingerprint density at radius 2 is 1.82 bits per heavy atom. The number of rotatable bonds is 5. The Kier molecular flexibility index (Phi) is 4.59. The van der Waals surface area contributed by atoms with Gasteiger partial charge in [0.15, 0.2) is 21.5 Å². The molecule has 0 saturated carbocycles. The van der Waals surface area contributed by atoms with E-state index in [1.807, 2.05) is 0 Å². The minimum Gasteiger partial charge on any atom is -0.330 e. The second kappa shape index (κ2) is 5.55. The van der Waals surface area contributed by atoms with Crippen LogP contribution in [0.1, 0.15) is 18.4 Å². The lowest BCUT2D eigenvalue weighted by Crippen LogP contribution is -2.06. The minimum absolute atomic E-state index is 0.184. The predicted molar refractivity (Wildman–Crippen MR) is 61.5 cm³/mol. The molecule has 0 saturated heterocycles. The van der Waals surface area contributed by atoms with E-state index in [9.17, 15) is 17.2 Å². The summed E-state index contributed by atoms with van der Waals surface area (Å²) in [5.41, 5.74) is 5.48. The molecule has 6 heteroatoms. The summed E-state index contributed by atoms with van der Waals surface area (Å²) in [5, 5.41) is 0. The molecule has 0 unspecified atom stereocenters. The van der Waals surface area contributed by atoms with Crippen molar-refractivity contribution in [1.82, 2.24) is 0 Å². The molecule has 0 heterocycles. The Morgan fingerprint density at radius 3 is 2.35 bits per heavy atom. The molecular formula is C11H15F2NO2S. The molecule has 96 valence electrons. The second-order valence-electron chi connectivity index (χ2n) is 3.87. The van der Waals surface area contributed by atoms with Gasteiger partial charge in [-0.1, -0.05) is 6.07 Å². The number of unbranched alkanes of at least 4 members (excludes halogenated alkanes) is 1. The number of benzene rings is 1. The van der Waals surface area contributed by atoms with Crippen LogP contribution in [-0.4, -0.2) is 21.2 Å². The number of sulfone groups is 1. The fourth-order valence-electron chi connectivity index (χ4n) is 1.51. The summed E-state index contributed by atoms with van der Waals surface area (Å²) in [7, 11) is -3.73. The molecule has 0 aliphatic carbocycles. The molecule has 0 aromatic heterocycles. The first-order valence-corrected chi connectivity index (χ1v) is 7.14. The summed E-state index contributed by atoms with van der Waals surface area (Å²) in [4.78, 5) is -0.599. The van der Waals surface area contributed by atoms with Gasteiger partial charge in [0.05, 0.1) is 0 Å². The predicted octanol–water partition coefficient (Wildman–Crippen LogP) is 1.65. The maximum absolute atomic E-state index is 13.5. The monoisotopic (exact) mass is 263 g/mol. The molecule has 17 heavy (non-hydrogen) atoms. The SMILES string of the molecule is CS(=O)(=O)c1ccc(CCCCN)c(F)c1F. The van der Waals surface area contributed by atoms with Crippen molar-refractivity contribution in [2.75, 3.05) is 12.8 Å². The van der Waals surface area contributed by atoms with E-state index in [1.54, 1.807) is 0 Å². The van der Waals surface area contributed by atoms with Gasteiger partial charge in [-0.3, -0.25) is 0 Å². The van der Waals surface area contributed by atoms with E-state index < -0.39 is 26.4 Å². The average molecular weight is 263 g/mol. The van der Waals surface area contributed by atoms with Gasteiger partial charge in [0.25, 0.3) is 0 Å². The van der Waals surface area contributed by atoms with Crippen molar-refractivity contribution in [2.45, 2.75) is 24.2 Å². The van der Waals surface area contributed by atoms with Crippen LogP contribution in [0.2, 0.25) is 0 Å². The van der Waals surface area contributed by atoms with E-state index in [2.05, 4.69) is 0 Å². The standard InChI is InChI=1S/C11H15F2NO2S/c1-17(15,16)9-6-5-8(4-2-3-7-14)10(12)11(9)13/h5-6H,2-4,7,14H2,1H3. The smallest absolute Gasteiger partial charge is 0.178 e. The molecule has 0 amide bonds. The molecule has 1 aromatic carbocycles. The molecule has 3 nitrogen and oxygen atoms in total. The van der Waals surface area contributed by atoms with Crippen molar-refractivity contribution in [3.8, 4) is 0 Å². The van der Waals surface area contributed by atoms with E-state index in [0.29, 0.717) is 19.4 Å². The lowest BCUT2D eigenvalue weighted by molar-refractivity contribution is 0.475. The minimum atomic E-state index is -3.73. The van der Waals surface area contributed by atoms with E-state index in [4.69, 9.17) is 5.73 Å². The Morgan fingerprint density at radius 1 is 1.18 bits per heavy atom. The van der Waals surface area contributed by atoms with Crippen LogP contribution in [0.15, 0.2) is 17.0 Å². The molecule has 0 radical (unpaired) electrons. The average Bonchev–Trinajstić information content (AvgIpc) is 2.23. The van der Waals surface area contributed by atoms with E-state index >= 15 is 0 Å². The number of halogens is 2. The van der Waals surface area contributed by atoms with Crippen LogP contribution < -0.4 is 5.73 Å². The van der Waals surface area contributed by atoms with Crippen LogP contribution in [0.5, 0.6) is 0 Å². The molecular weight excluding hydrogens is 248 g/mol. The molecule has 0 atom stereocenters. The first kappa shape index (κ1) is 14.1. The summed E-state index contributed by atoms with van der Waals surface area (Å²) >= 11 is 0. The molecule has 0 aliphatic rings. The van der Waals surface area contributed by atoms with Gasteiger partial charge in [-0.25, -0.2) is 17.2 Å². The van der Waals surface area contributed by atoms with Gasteiger partial charge >= 0.3 is 0 Å². The molecule has 1 aromatic rings. The van der Waals surface area contributed by atoms with Gasteiger partial charge in [-0.05, 0) is 37.4 Å². The Bertz CT molecular complexity index is 500.